The molecular weight excluding hydrogens is 270 g/mol. The third-order valence-electron chi connectivity index (χ3n) is 3.03. The number of ether oxygens (including phenoxy) is 1. The lowest BCUT2D eigenvalue weighted by atomic mass is 10.2. The fourth-order valence-corrected chi connectivity index (χ4v) is 2.28. The molecule has 0 aliphatic rings. The molecule has 3 rings (SSSR count). The number of aromatic amines is 1. The number of methoxy groups -OCH3 is 1. The van der Waals surface area contributed by atoms with Crippen LogP contribution in [0.2, 0.25) is 0 Å². The smallest absolute Gasteiger partial charge is 0.200 e. The highest BCUT2D eigenvalue weighted by atomic mass is 32.1. The van der Waals surface area contributed by atoms with Gasteiger partial charge in [-0.2, -0.15) is 5.10 Å². The van der Waals surface area contributed by atoms with Gasteiger partial charge in [-0.25, -0.2) is 0 Å². The summed E-state index contributed by atoms with van der Waals surface area (Å²) >= 11 is 5.32. The van der Waals surface area contributed by atoms with Crippen molar-refractivity contribution < 1.29 is 4.74 Å². The maximum absolute atomic E-state index is 5.32. The number of nitrogens with one attached hydrogen (secondary N) is 1. The number of nitrogens with zero attached hydrogens (tertiary/aromatic N) is 2. The zero-order valence-electron chi connectivity index (χ0n) is 10.9. The zero-order chi connectivity index (χ0) is 13.9. The lowest BCUT2D eigenvalue weighted by Crippen LogP contribution is -1.97. The molecule has 0 radical (unpaired) electrons. The Hall–Kier alpha value is -2.40. The Morgan fingerprint density at radius 3 is 2.40 bits per heavy atom. The summed E-state index contributed by atoms with van der Waals surface area (Å²) in [5, 5.41) is 7.17. The van der Waals surface area contributed by atoms with Gasteiger partial charge >= 0.3 is 0 Å². The van der Waals surface area contributed by atoms with E-state index in [4.69, 9.17) is 17.0 Å². The predicted molar refractivity (Wildman–Crippen MR) is 80.7 cm³/mol. The van der Waals surface area contributed by atoms with E-state index in [9.17, 15) is 0 Å². The SMILES string of the molecule is COc1ccc(-c2n[nH]c(=S)n2-c2ccccc2)cc1. The monoisotopic (exact) mass is 283 g/mol. The van der Waals surface area contributed by atoms with E-state index in [0.717, 1.165) is 22.8 Å². The molecule has 5 heteroatoms. The van der Waals surface area contributed by atoms with E-state index in [1.807, 2.05) is 59.2 Å². The molecule has 0 bridgehead atoms. The molecule has 0 amide bonds. The Bertz CT molecular complexity index is 760. The van der Waals surface area contributed by atoms with Crippen molar-refractivity contribution in [1.29, 1.82) is 0 Å². The molecule has 0 spiro atoms. The van der Waals surface area contributed by atoms with Crippen LogP contribution in [0.5, 0.6) is 5.75 Å². The second-order valence-electron chi connectivity index (χ2n) is 4.25. The van der Waals surface area contributed by atoms with Crippen molar-refractivity contribution in [3.8, 4) is 22.8 Å². The average Bonchev–Trinajstić information content (AvgIpc) is 2.90. The molecule has 4 nitrogen and oxygen atoms in total. The lowest BCUT2D eigenvalue weighted by Gasteiger charge is -2.07. The molecule has 3 aromatic rings. The van der Waals surface area contributed by atoms with Crippen molar-refractivity contribution in [2.75, 3.05) is 7.11 Å². The first-order valence-electron chi connectivity index (χ1n) is 6.17. The fourth-order valence-electron chi connectivity index (χ4n) is 2.05. The third kappa shape index (κ3) is 2.23. The minimum absolute atomic E-state index is 0.571. The van der Waals surface area contributed by atoms with Crippen LogP contribution in [0.4, 0.5) is 0 Å². The molecule has 0 aliphatic heterocycles. The largest absolute Gasteiger partial charge is 0.497 e. The summed E-state index contributed by atoms with van der Waals surface area (Å²) in [5.74, 6) is 1.60. The van der Waals surface area contributed by atoms with Crippen LogP contribution in [0.1, 0.15) is 0 Å². The molecule has 0 saturated heterocycles. The average molecular weight is 283 g/mol. The summed E-state index contributed by atoms with van der Waals surface area (Å²) in [6.07, 6.45) is 0. The van der Waals surface area contributed by atoms with Crippen molar-refractivity contribution in [2.24, 2.45) is 0 Å². The minimum Gasteiger partial charge on any atom is -0.497 e. The van der Waals surface area contributed by atoms with E-state index in [0.29, 0.717) is 4.77 Å². The van der Waals surface area contributed by atoms with Gasteiger partial charge in [0.1, 0.15) is 5.75 Å². The minimum atomic E-state index is 0.571. The molecule has 1 aromatic heterocycles. The number of hydrogen-bond donors (Lipinski definition) is 1. The predicted octanol–water partition coefficient (Wildman–Crippen LogP) is 3.61. The van der Waals surface area contributed by atoms with Crippen LogP contribution in [-0.2, 0) is 0 Å². The Labute approximate surface area is 121 Å². The number of benzene rings is 2. The standard InChI is InChI=1S/C15H13N3OS/c1-19-13-9-7-11(8-10-13)14-16-17-15(20)18(14)12-5-3-2-4-6-12/h2-10H,1H3,(H,17,20). The van der Waals surface area contributed by atoms with Gasteiger partial charge in [0.15, 0.2) is 10.6 Å². The summed E-state index contributed by atoms with van der Waals surface area (Å²) in [6.45, 7) is 0. The van der Waals surface area contributed by atoms with E-state index in [-0.39, 0.29) is 0 Å². The van der Waals surface area contributed by atoms with Gasteiger partial charge in [0.25, 0.3) is 0 Å². The van der Waals surface area contributed by atoms with E-state index >= 15 is 0 Å². The van der Waals surface area contributed by atoms with Gasteiger partial charge in [0.05, 0.1) is 7.11 Å². The number of H-pyrrole nitrogens is 1. The molecule has 0 fully saturated rings. The lowest BCUT2D eigenvalue weighted by molar-refractivity contribution is 0.415. The van der Waals surface area contributed by atoms with Crippen LogP contribution in [0.3, 0.4) is 0 Å². The number of para-hydroxylation sites is 1. The summed E-state index contributed by atoms with van der Waals surface area (Å²) in [6, 6.07) is 17.7. The van der Waals surface area contributed by atoms with Gasteiger partial charge in [-0.05, 0) is 48.6 Å². The van der Waals surface area contributed by atoms with Crippen molar-refractivity contribution >= 4 is 12.2 Å². The highest BCUT2D eigenvalue weighted by Crippen LogP contribution is 2.23. The van der Waals surface area contributed by atoms with E-state index < -0.39 is 0 Å². The van der Waals surface area contributed by atoms with Crippen LogP contribution < -0.4 is 4.74 Å². The van der Waals surface area contributed by atoms with Crippen LogP contribution in [0.25, 0.3) is 17.1 Å². The van der Waals surface area contributed by atoms with E-state index in [1.165, 1.54) is 0 Å². The summed E-state index contributed by atoms with van der Waals surface area (Å²) < 4.78 is 7.65. The normalized spacial score (nSPS) is 10.4. The van der Waals surface area contributed by atoms with E-state index in [2.05, 4.69) is 10.2 Å². The van der Waals surface area contributed by atoms with Gasteiger partial charge in [0.2, 0.25) is 0 Å². The molecule has 100 valence electrons. The molecule has 1 heterocycles. The van der Waals surface area contributed by atoms with Crippen molar-refractivity contribution in [2.45, 2.75) is 0 Å². The van der Waals surface area contributed by atoms with Gasteiger partial charge in [-0.15, -0.1) is 0 Å². The third-order valence-corrected chi connectivity index (χ3v) is 3.31. The number of rotatable bonds is 3. The quantitative estimate of drug-likeness (QED) is 0.747. The highest BCUT2D eigenvalue weighted by Gasteiger charge is 2.10. The van der Waals surface area contributed by atoms with Gasteiger partial charge in [-0.1, -0.05) is 18.2 Å². The van der Waals surface area contributed by atoms with Crippen LogP contribution in [0.15, 0.2) is 54.6 Å². The molecular formula is C15H13N3OS. The van der Waals surface area contributed by atoms with Crippen LogP contribution in [0, 0.1) is 4.77 Å². The van der Waals surface area contributed by atoms with Gasteiger partial charge < -0.3 is 4.74 Å². The second kappa shape index (κ2) is 5.30. The Kier molecular flexibility index (Phi) is 3.35. The van der Waals surface area contributed by atoms with Gasteiger partial charge in [0, 0.05) is 11.3 Å². The molecule has 2 aromatic carbocycles. The van der Waals surface area contributed by atoms with Crippen LogP contribution in [-0.4, -0.2) is 21.9 Å². The fraction of sp³-hybridized carbons (Fsp3) is 0.0667. The zero-order valence-corrected chi connectivity index (χ0v) is 11.7. The van der Waals surface area contributed by atoms with Gasteiger partial charge in [-0.3, -0.25) is 9.67 Å². The molecule has 0 saturated carbocycles. The maximum Gasteiger partial charge on any atom is 0.200 e. The summed E-state index contributed by atoms with van der Waals surface area (Å²) in [5.41, 5.74) is 1.96. The van der Waals surface area contributed by atoms with E-state index in [1.54, 1.807) is 7.11 Å². The first-order chi connectivity index (χ1) is 9.79. The number of aromatic nitrogens is 3. The first-order valence-corrected chi connectivity index (χ1v) is 6.57. The Balaban J connectivity index is 2.13. The first kappa shape index (κ1) is 12.6. The highest BCUT2D eigenvalue weighted by molar-refractivity contribution is 7.71. The molecule has 0 aliphatic carbocycles. The van der Waals surface area contributed by atoms with Crippen molar-refractivity contribution in [3.05, 3.63) is 59.4 Å². The maximum atomic E-state index is 5.32. The second-order valence-corrected chi connectivity index (χ2v) is 4.64. The number of hydrogen-bond acceptors (Lipinski definition) is 3. The molecule has 1 N–H and O–H groups in total. The molecule has 0 atom stereocenters. The molecule has 0 unspecified atom stereocenters. The van der Waals surface area contributed by atoms with Crippen molar-refractivity contribution in [1.82, 2.24) is 14.8 Å². The van der Waals surface area contributed by atoms with Crippen LogP contribution >= 0.6 is 12.2 Å². The molecule has 20 heavy (non-hydrogen) atoms. The Morgan fingerprint density at radius 1 is 1.05 bits per heavy atom. The Morgan fingerprint density at radius 2 is 1.75 bits per heavy atom. The summed E-state index contributed by atoms with van der Waals surface area (Å²) in [4.78, 5) is 0. The van der Waals surface area contributed by atoms with Crippen molar-refractivity contribution in [3.63, 3.8) is 0 Å². The topological polar surface area (TPSA) is 42.8 Å². The summed E-state index contributed by atoms with van der Waals surface area (Å²) in [7, 11) is 1.65.